The summed E-state index contributed by atoms with van der Waals surface area (Å²) in [5.74, 6) is 0. The van der Waals surface area contributed by atoms with E-state index in [1.54, 1.807) is 6.33 Å². The van der Waals surface area contributed by atoms with Crippen molar-refractivity contribution >= 4 is 54.9 Å². The Morgan fingerprint density at radius 3 is 2.29 bits per heavy atom. The fraction of sp³-hybridized carbons (Fsp3) is 0. The van der Waals surface area contributed by atoms with Crippen LogP contribution in [0.5, 0.6) is 0 Å². The van der Waals surface area contributed by atoms with Gasteiger partial charge in [0.15, 0.2) is 0 Å². The highest BCUT2D eigenvalue weighted by Crippen LogP contribution is 2.39. The monoisotopic (exact) mass is 450 g/mol. The van der Waals surface area contributed by atoms with Crippen LogP contribution in [0.25, 0.3) is 66.3 Å². The molecule has 4 aromatic heterocycles. The molecule has 35 heavy (non-hydrogen) atoms. The first-order valence-corrected chi connectivity index (χ1v) is 11.6. The van der Waals surface area contributed by atoms with Gasteiger partial charge in [0, 0.05) is 27.5 Å². The summed E-state index contributed by atoms with van der Waals surface area (Å²) in [7, 11) is 0. The molecule has 0 amide bonds. The van der Waals surface area contributed by atoms with Crippen LogP contribution in [0.15, 0.2) is 114 Å². The fourth-order valence-electron chi connectivity index (χ4n) is 5.42. The van der Waals surface area contributed by atoms with Crippen LogP contribution in [0.4, 0.5) is 0 Å². The van der Waals surface area contributed by atoms with Crippen molar-refractivity contribution in [1.29, 1.82) is 0 Å². The van der Waals surface area contributed by atoms with Crippen LogP contribution in [-0.2, 0) is 0 Å². The summed E-state index contributed by atoms with van der Waals surface area (Å²) in [5, 5.41) is 4.48. The summed E-state index contributed by atoms with van der Waals surface area (Å²) in [6.45, 7) is 0. The molecular weight excluding hydrogens is 432 g/mol. The molecule has 0 spiro atoms. The van der Waals surface area contributed by atoms with Gasteiger partial charge in [0.25, 0.3) is 0 Å². The van der Waals surface area contributed by atoms with Crippen molar-refractivity contribution < 1.29 is 4.42 Å². The van der Waals surface area contributed by atoms with Gasteiger partial charge in [-0.05, 0) is 42.5 Å². The average Bonchev–Trinajstić information content (AvgIpc) is 3.55. The van der Waals surface area contributed by atoms with Crippen LogP contribution in [0, 0.1) is 0 Å². The Balaban J connectivity index is 1.49. The maximum absolute atomic E-state index is 6.39. The van der Waals surface area contributed by atoms with Gasteiger partial charge in [-0.25, -0.2) is 9.97 Å². The molecule has 0 saturated heterocycles. The molecule has 0 bridgehead atoms. The van der Waals surface area contributed by atoms with Crippen LogP contribution >= 0.6 is 0 Å². The van der Waals surface area contributed by atoms with E-state index in [9.17, 15) is 0 Å². The lowest BCUT2D eigenvalue weighted by atomic mass is 10.1. The molecule has 0 saturated carbocycles. The SMILES string of the molecule is c1ccc(-n2c3ccccc3c3cc(-n4c5cncnc5c5c6ccccc6oc54)ccc32)cc1. The first-order chi connectivity index (χ1) is 17.4. The van der Waals surface area contributed by atoms with Crippen molar-refractivity contribution in [2.45, 2.75) is 0 Å². The predicted molar refractivity (Wildman–Crippen MR) is 140 cm³/mol. The quantitative estimate of drug-likeness (QED) is 0.275. The third kappa shape index (κ3) is 2.47. The van der Waals surface area contributed by atoms with Gasteiger partial charge in [-0.1, -0.05) is 54.6 Å². The van der Waals surface area contributed by atoms with Crippen LogP contribution < -0.4 is 0 Å². The number of rotatable bonds is 2. The molecule has 4 aromatic carbocycles. The van der Waals surface area contributed by atoms with E-state index in [4.69, 9.17) is 4.42 Å². The normalized spacial score (nSPS) is 12.0. The lowest BCUT2D eigenvalue weighted by Gasteiger charge is -2.09. The predicted octanol–water partition coefficient (Wildman–Crippen LogP) is 7.42. The fourth-order valence-corrected chi connectivity index (χ4v) is 5.42. The molecule has 0 fully saturated rings. The average molecular weight is 451 g/mol. The molecular formula is C30H18N4O. The smallest absolute Gasteiger partial charge is 0.215 e. The number of aromatic nitrogens is 4. The number of para-hydroxylation sites is 3. The van der Waals surface area contributed by atoms with E-state index in [1.165, 1.54) is 16.3 Å². The third-order valence-corrected chi connectivity index (χ3v) is 6.88. The van der Waals surface area contributed by atoms with E-state index in [-0.39, 0.29) is 0 Å². The number of furan rings is 1. The number of hydrogen-bond acceptors (Lipinski definition) is 3. The van der Waals surface area contributed by atoms with Crippen molar-refractivity contribution in [3.8, 4) is 11.4 Å². The topological polar surface area (TPSA) is 48.8 Å². The Hall–Kier alpha value is -4.90. The zero-order chi connectivity index (χ0) is 22.9. The van der Waals surface area contributed by atoms with Crippen molar-refractivity contribution in [3.05, 3.63) is 110 Å². The van der Waals surface area contributed by atoms with Crippen molar-refractivity contribution in [1.82, 2.24) is 19.1 Å². The minimum Gasteiger partial charge on any atom is -0.439 e. The lowest BCUT2D eigenvalue weighted by Crippen LogP contribution is -1.95. The van der Waals surface area contributed by atoms with Gasteiger partial charge in [-0.2, -0.15) is 0 Å². The molecule has 0 aliphatic carbocycles. The first-order valence-electron chi connectivity index (χ1n) is 11.6. The summed E-state index contributed by atoms with van der Waals surface area (Å²) >= 11 is 0. The van der Waals surface area contributed by atoms with E-state index in [0.29, 0.717) is 0 Å². The van der Waals surface area contributed by atoms with Gasteiger partial charge < -0.3 is 8.98 Å². The largest absolute Gasteiger partial charge is 0.439 e. The third-order valence-electron chi connectivity index (χ3n) is 6.88. The van der Waals surface area contributed by atoms with Crippen LogP contribution in [0.2, 0.25) is 0 Å². The van der Waals surface area contributed by atoms with Gasteiger partial charge in [-0.3, -0.25) is 4.57 Å². The molecule has 0 N–H and O–H groups in total. The second kappa shape index (κ2) is 6.81. The molecule has 0 aliphatic rings. The molecule has 5 heteroatoms. The van der Waals surface area contributed by atoms with E-state index in [0.717, 1.165) is 50.0 Å². The second-order valence-electron chi connectivity index (χ2n) is 8.76. The van der Waals surface area contributed by atoms with Gasteiger partial charge in [0.1, 0.15) is 17.4 Å². The molecule has 0 atom stereocenters. The second-order valence-corrected chi connectivity index (χ2v) is 8.76. The van der Waals surface area contributed by atoms with Crippen LogP contribution in [0.3, 0.4) is 0 Å². The number of benzene rings is 4. The van der Waals surface area contributed by atoms with E-state index in [1.807, 2.05) is 30.5 Å². The Labute approximate surface area is 199 Å². The number of fused-ring (bicyclic) bond motifs is 8. The summed E-state index contributed by atoms with van der Waals surface area (Å²) in [6.07, 6.45) is 3.47. The van der Waals surface area contributed by atoms with Gasteiger partial charge >= 0.3 is 0 Å². The number of hydrogen-bond donors (Lipinski definition) is 0. The highest BCUT2D eigenvalue weighted by Gasteiger charge is 2.21. The molecule has 164 valence electrons. The van der Waals surface area contributed by atoms with Crippen molar-refractivity contribution in [3.63, 3.8) is 0 Å². The summed E-state index contributed by atoms with van der Waals surface area (Å²) in [6, 6.07) is 33.8. The maximum atomic E-state index is 6.39. The molecule has 5 nitrogen and oxygen atoms in total. The lowest BCUT2D eigenvalue weighted by molar-refractivity contribution is 0.645. The first kappa shape index (κ1) is 18.5. The maximum Gasteiger partial charge on any atom is 0.215 e. The Bertz CT molecular complexity index is 2060. The highest BCUT2D eigenvalue weighted by atomic mass is 16.3. The molecule has 0 aliphatic heterocycles. The van der Waals surface area contributed by atoms with Crippen LogP contribution in [-0.4, -0.2) is 19.1 Å². The minimum absolute atomic E-state index is 0.785. The van der Waals surface area contributed by atoms with Crippen LogP contribution in [0.1, 0.15) is 0 Å². The van der Waals surface area contributed by atoms with Crippen molar-refractivity contribution in [2.24, 2.45) is 0 Å². The standard InChI is InChI=1S/C30H18N4O/c1-2-8-19(9-3-1)33-24-12-6-4-10-21(24)23-16-20(14-15-25(23)33)34-26-17-31-18-32-29(26)28-22-11-5-7-13-27(22)35-30(28)34/h1-18H. The molecule has 8 rings (SSSR count). The Kier molecular flexibility index (Phi) is 3.60. The van der Waals surface area contributed by atoms with Gasteiger partial charge in [-0.15, -0.1) is 0 Å². The molecule has 0 unspecified atom stereocenters. The molecule has 0 radical (unpaired) electrons. The minimum atomic E-state index is 0.785. The highest BCUT2D eigenvalue weighted by molar-refractivity contribution is 6.18. The van der Waals surface area contributed by atoms with Crippen molar-refractivity contribution in [2.75, 3.05) is 0 Å². The van der Waals surface area contributed by atoms with Gasteiger partial charge in [0.2, 0.25) is 5.71 Å². The Morgan fingerprint density at radius 1 is 0.600 bits per heavy atom. The van der Waals surface area contributed by atoms with E-state index < -0.39 is 0 Å². The van der Waals surface area contributed by atoms with E-state index in [2.05, 4.69) is 91.9 Å². The van der Waals surface area contributed by atoms with Gasteiger partial charge in [0.05, 0.1) is 28.1 Å². The Morgan fingerprint density at radius 2 is 1.37 bits per heavy atom. The summed E-state index contributed by atoms with van der Waals surface area (Å²) < 4.78 is 10.8. The molecule has 4 heterocycles. The summed E-state index contributed by atoms with van der Waals surface area (Å²) in [5.41, 5.74) is 7.97. The van der Waals surface area contributed by atoms with E-state index >= 15 is 0 Å². The number of nitrogens with zero attached hydrogens (tertiary/aromatic N) is 4. The zero-order valence-electron chi connectivity index (χ0n) is 18.6. The zero-order valence-corrected chi connectivity index (χ0v) is 18.6. The molecule has 8 aromatic rings. The summed E-state index contributed by atoms with van der Waals surface area (Å²) in [4.78, 5) is 8.97.